The van der Waals surface area contributed by atoms with Gasteiger partial charge in [-0.25, -0.2) is 0 Å². The Morgan fingerprint density at radius 2 is 2.20 bits per heavy atom. The summed E-state index contributed by atoms with van der Waals surface area (Å²) in [6.45, 7) is 4.36. The minimum Gasteiger partial charge on any atom is -0.340 e. The second-order valence-corrected chi connectivity index (χ2v) is 3.97. The normalized spacial score (nSPS) is 12.3. The summed E-state index contributed by atoms with van der Waals surface area (Å²) in [5.74, 6) is -0.0310. The SMILES string of the molecule is Cc1cccc(CN(C)C(=O)C(C)N)c1. The lowest BCUT2D eigenvalue weighted by molar-refractivity contribution is -0.131. The van der Waals surface area contributed by atoms with E-state index < -0.39 is 6.04 Å². The molecule has 3 nitrogen and oxygen atoms in total. The summed E-state index contributed by atoms with van der Waals surface area (Å²) in [5.41, 5.74) is 7.86. The van der Waals surface area contributed by atoms with Crippen LogP contribution in [0.1, 0.15) is 18.1 Å². The fourth-order valence-corrected chi connectivity index (χ4v) is 1.51. The van der Waals surface area contributed by atoms with Crippen molar-refractivity contribution in [3.05, 3.63) is 35.4 Å². The Labute approximate surface area is 90.9 Å². The van der Waals surface area contributed by atoms with E-state index in [1.54, 1.807) is 18.9 Å². The summed E-state index contributed by atoms with van der Waals surface area (Å²) in [7, 11) is 1.77. The second kappa shape index (κ2) is 4.94. The van der Waals surface area contributed by atoms with Gasteiger partial charge >= 0.3 is 0 Å². The molecule has 0 radical (unpaired) electrons. The fraction of sp³-hybridized carbons (Fsp3) is 0.417. The first kappa shape index (κ1) is 11.7. The highest BCUT2D eigenvalue weighted by molar-refractivity contribution is 5.80. The van der Waals surface area contributed by atoms with E-state index in [1.165, 1.54) is 5.56 Å². The number of nitrogens with zero attached hydrogens (tertiary/aromatic N) is 1. The lowest BCUT2D eigenvalue weighted by Gasteiger charge is -2.19. The van der Waals surface area contributed by atoms with E-state index in [0.29, 0.717) is 6.54 Å². The molecule has 1 aromatic rings. The van der Waals surface area contributed by atoms with Crippen molar-refractivity contribution in [3.8, 4) is 0 Å². The number of aryl methyl sites for hydroxylation is 1. The number of rotatable bonds is 3. The van der Waals surface area contributed by atoms with Gasteiger partial charge in [0.25, 0.3) is 0 Å². The lowest BCUT2D eigenvalue weighted by atomic mass is 10.1. The summed E-state index contributed by atoms with van der Waals surface area (Å²) < 4.78 is 0. The van der Waals surface area contributed by atoms with E-state index in [4.69, 9.17) is 5.73 Å². The minimum absolute atomic E-state index is 0.0310. The molecule has 0 aromatic heterocycles. The quantitative estimate of drug-likeness (QED) is 0.810. The molecule has 3 heteroatoms. The van der Waals surface area contributed by atoms with Crippen molar-refractivity contribution in [3.63, 3.8) is 0 Å². The largest absolute Gasteiger partial charge is 0.340 e. The van der Waals surface area contributed by atoms with Crippen LogP contribution < -0.4 is 5.73 Å². The zero-order valence-corrected chi connectivity index (χ0v) is 9.53. The summed E-state index contributed by atoms with van der Waals surface area (Å²) >= 11 is 0. The average Bonchev–Trinajstić information content (AvgIpc) is 2.16. The summed E-state index contributed by atoms with van der Waals surface area (Å²) in [6.07, 6.45) is 0. The molecule has 0 heterocycles. The Hall–Kier alpha value is -1.35. The van der Waals surface area contributed by atoms with Crippen molar-refractivity contribution < 1.29 is 4.79 Å². The molecule has 0 spiro atoms. The first-order chi connectivity index (χ1) is 7.00. The molecule has 1 amide bonds. The highest BCUT2D eigenvalue weighted by atomic mass is 16.2. The van der Waals surface area contributed by atoms with E-state index in [9.17, 15) is 4.79 Å². The number of carbonyl (C=O) groups excluding carboxylic acids is 1. The van der Waals surface area contributed by atoms with Gasteiger partial charge < -0.3 is 10.6 Å². The molecule has 0 fully saturated rings. The van der Waals surface area contributed by atoms with Crippen LogP contribution in [0.15, 0.2) is 24.3 Å². The van der Waals surface area contributed by atoms with Crippen molar-refractivity contribution in [2.24, 2.45) is 5.73 Å². The Morgan fingerprint density at radius 3 is 2.73 bits per heavy atom. The zero-order chi connectivity index (χ0) is 11.4. The van der Waals surface area contributed by atoms with Crippen LogP contribution in [-0.4, -0.2) is 23.9 Å². The van der Waals surface area contributed by atoms with Gasteiger partial charge in [-0.1, -0.05) is 29.8 Å². The number of carbonyl (C=O) groups is 1. The van der Waals surface area contributed by atoms with Gasteiger partial charge in [0.05, 0.1) is 6.04 Å². The Kier molecular flexibility index (Phi) is 3.86. The molecule has 82 valence electrons. The van der Waals surface area contributed by atoms with Crippen LogP contribution >= 0.6 is 0 Å². The van der Waals surface area contributed by atoms with Gasteiger partial charge in [0.15, 0.2) is 0 Å². The number of benzene rings is 1. The van der Waals surface area contributed by atoms with E-state index in [-0.39, 0.29) is 5.91 Å². The topological polar surface area (TPSA) is 46.3 Å². The minimum atomic E-state index is -0.431. The summed E-state index contributed by atoms with van der Waals surface area (Å²) in [6, 6.07) is 7.69. The van der Waals surface area contributed by atoms with E-state index in [2.05, 4.69) is 6.07 Å². The predicted molar refractivity (Wildman–Crippen MR) is 61.3 cm³/mol. The third kappa shape index (κ3) is 3.36. The highest BCUT2D eigenvalue weighted by Gasteiger charge is 2.13. The van der Waals surface area contributed by atoms with Gasteiger partial charge in [-0.2, -0.15) is 0 Å². The van der Waals surface area contributed by atoms with Gasteiger partial charge in [0, 0.05) is 13.6 Å². The molecule has 15 heavy (non-hydrogen) atoms. The second-order valence-electron chi connectivity index (χ2n) is 3.97. The van der Waals surface area contributed by atoms with Crippen molar-refractivity contribution in [1.82, 2.24) is 4.90 Å². The average molecular weight is 206 g/mol. The zero-order valence-electron chi connectivity index (χ0n) is 9.53. The molecular weight excluding hydrogens is 188 g/mol. The summed E-state index contributed by atoms with van der Waals surface area (Å²) in [5, 5.41) is 0. The third-order valence-electron chi connectivity index (χ3n) is 2.27. The number of amides is 1. The monoisotopic (exact) mass is 206 g/mol. The standard InChI is InChI=1S/C12H18N2O/c1-9-5-4-6-11(7-9)8-14(3)12(15)10(2)13/h4-7,10H,8,13H2,1-3H3. The number of nitrogens with two attached hydrogens (primary N) is 1. The molecule has 1 aromatic carbocycles. The highest BCUT2D eigenvalue weighted by Crippen LogP contribution is 2.07. The molecule has 2 N–H and O–H groups in total. The maximum absolute atomic E-state index is 11.5. The molecule has 1 atom stereocenters. The van der Waals surface area contributed by atoms with Crippen LogP contribution in [0.3, 0.4) is 0 Å². The number of hydrogen-bond donors (Lipinski definition) is 1. The van der Waals surface area contributed by atoms with E-state index in [1.807, 2.05) is 25.1 Å². The maximum atomic E-state index is 11.5. The first-order valence-corrected chi connectivity index (χ1v) is 5.07. The Morgan fingerprint density at radius 1 is 1.53 bits per heavy atom. The molecule has 0 saturated heterocycles. The van der Waals surface area contributed by atoms with Crippen LogP contribution in [-0.2, 0) is 11.3 Å². The molecule has 0 aliphatic carbocycles. The van der Waals surface area contributed by atoms with Gasteiger partial charge in [-0.15, -0.1) is 0 Å². The van der Waals surface area contributed by atoms with Crippen LogP contribution in [0.5, 0.6) is 0 Å². The van der Waals surface area contributed by atoms with Crippen molar-refractivity contribution in [2.75, 3.05) is 7.05 Å². The lowest BCUT2D eigenvalue weighted by Crippen LogP contribution is -2.39. The molecule has 0 saturated carbocycles. The number of likely N-dealkylation sites (N-methyl/N-ethyl adjacent to an activating group) is 1. The van der Waals surface area contributed by atoms with Crippen molar-refractivity contribution in [2.45, 2.75) is 26.4 Å². The maximum Gasteiger partial charge on any atom is 0.239 e. The Balaban J connectivity index is 2.66. The van der Waals surface area contributed by atoms with Gasteiger partial charge in [-0.05, 0) is 19.4 Å². The number of hydrogen-bond acceptors (Lipinski definition) is 2. The fourth-order valence-electron chi connectivity index (χ4n) is 1.51. The molecule has 0 bridgehead atoms. The van der Waals surface area contributed by atoms with Gasteiger partial charge in [-0.3, -0.25) is 4.79 Å². The van der Waals surface area contributed by atoms with Crippen LogP contribution in [0, 0.1) is 6.92 Å². The van der Waals surface area contributed by atoms with Crippen LogP contribution in [0.2, 0.25) is 0 Å². The van der Waals surface area contributed by atoms with Gasteiger partial charge in [0.1, 0.15) is 0 Å². The Bertz CT molecular complexity index is 347. The molecule has 1 rings (SSSR count). The van der Waals surface area contributed by atoms with E-state index in [0.717, 1.165) is 5.56 Å². The summed E-state index contributed by atoms with van der Waals surface area (Å²) in [4.78, 5) is 13.2. The first-order valence-electron chi connectivity index (χ1n) is 5.07. The predicted octanol–water partition coefficient (Wildman–Crippen LogP) is 1.30. The van der Waals surface area contributed by atoms with Crippen LogP contribution in [0.25, 0.3) is 0 Å². The molecule has 1 unspecified atom stereocenters. The van der Waals surface area contributed by atoms with Crippen molar-refractivity contribution >= 4 is 5.91 Å². The van der Waals surface area contributed by atoms with Gasteiger partial charge in [0.2, 0.25) is 5.91 Å². The smallest absolute Gasteiger partial charge is 0.239 e. The molecular formula is C12H18N2O. The molecule has 0 aliphatic heterocycles. The molecule has 0 aliphatic rings. The van der Waals surface area contributed by atoms with Crippen molar-refractivity contribution in [1.29, 1.82) is 0 Å². The van der Waals surface area contributed by atoms with E-state index >= 15 is 0 Å². The van der Waals surface area contributed by atoms with Crippen LogP contribution in [0.4, 0.5) is 0 Å². The third-order valence-corrected chi connectivity index (χ3v) is 2.27.